The van der Waals surface area contributed by atoms with Crippen molar-refractivity contribution in [1.29, 1.82) is 0 Å². The molecule has 13 heavy (non-hydrogen) atoms. The molecule has 0 fully saturated rings. The van der Waals surface area contributed by atoms with E-state index >= 15 is 0 Å². The van der Waals surface area contributed by atoms with E-state index < -0.39 is 0 Å². The summed E-state index contributed by atoms with van der Waals surface area (Å²) in [4.78, 5) is 11.1. The lowest BCUT2D eigenvalue weighted by molar-refractivity contribution is -0.139. The SMILES string of the molecule is CCCC(C)COC(=O)C=C(C)C. The van der Waals surface area contributed by atoms with E-state index in [1.54, 1.807) is 0 Å². The van der Waals surface area contributed by atoms with Gasteiger partial charge in [0.25, 0.3) is 0 Å². The Morgan fingerprint density at radius 2 is 2.08 bits per heavy atom. The third-order valence-corrected chi connectivity index (χ3v) is 1.70. The summed E-state index contributed by atoms with van der Waals surface area (Å²) >= 11 is 0. The maximum Gasteiger partial charge on any atom is 0.330 e. The van der Waals surface area contributed by atoms with E-state index in [-0.39, 0.29) is 5.97 Å². The first-order chi connectivity index (χ1) is 6.06. The van der Waals surface area contributed by atoms with Crippen molar-refractivity contribution in [3.05, 3.63) is 11.6 Å². The van der Waals surface area contributed by atoms with E-state index in [9.17, 15) is 4.79 Å². The number of hydrogen-bond donors (Lipinski definition) is 0. The lowest BCUT2D eigenvalue weighted by atomic mass is 10.1. The van der Waals surface area contributed by atoms with E-state index in [0.29, 0.717) is 12.5 Å². The molecule has 76 valence electrons. The van der Waals surface area contributed by atoms with Crippen LogP contribution in [0.2, 0.25) is 0 Å². The minimum atomic E-state index is -0.219. The zero-order valence-corrected chi connectivity index (χ0v) is 9.09. The van der Waals surface area contributed by atoms with Crippen molar-refractivity contribution in [1.82, 2.24) is 0 Å². The van der Waals surface area contributed by atoms with E-state index in [1.165, 1.54) is 6.08 Å². The quantitative estimate of drug-likeness (QED) is 0.485. The van der Waals surface area contributed by atoms with Crippen molar-refractivity contribution in [2.45, 2.75) is 40.5 Å². The van der Waals surface area contributed by atoms with Crippen LogP contribution < -0.4 is 0 Å². The lowest BCUT2D eigenvalue weighted by Crippen LogP contribution is -2.10. The number of carbonyl (C=O) groups is 1. The van der Waals surface area contributed by atoms with Crippen LogP contribution in [-0.2, 0) is 9.53 Å². The fraction of sp³-hybridized carbons (Fsp3) is 0.727. The highest BCUT2D eigenvalue weighted by Gasteiger charge is 2.03. The molecule has 0 heterocycles. The summed E-state index contributed by atoms with van der Waals surface area (Å²) in [5.74, 6) is 0.252. The monoisotopic (exact) mass is 184 g/mol. The van der Waals surface area contributed by atoms with Crippen LogP contribution in [0.3, 0.4) is 0 Å². The number of esters is 1. The lowest BCUT2D eigenvalue weighted by Gasteiger charge is -2.09. The van der Waals surface area contributed by atoms with Crippen molar-refractivity contribution >= 4 is 5.97 Å². The summed E-state index contributed by atoms with van der Waals surface area (Å²) in [5, 5.41) is 0. The van der Waals surface area contributed by atoms with Crippen LogP contribution in [0.4, 0.5) is 0 Å². The summed E-state index contributed by atoms with van der Waals surface area (Å²) in [7, 11) is 0. The smallest absolute Gasteiger partial charge is 0.330 e. The first-order valence-corrected chi connectivity index (χ1v) is 4.88. The summed E-state index contributed by atoms with van der Waals surface area (Å²) in [6.45, 7) is 8.54. The molecular weight excluding hydrogens is 164 g/mol. The molecule has 2 nitrogen and oxygen atoms in total. The second kappa shape index (κ2) is 6.70. The summed E-state index contributed by atoms with van der Waals surface area (Å²) in [5.41, 5.74) is 0.980. The Kier molecular flexibility index (Phi) is 6.29. The highest BCUT2D eigenvalue weighted by molar-refractivity contribution is 5.82. The molecule has 0 radical (unpaired) electrons. The van der Waals surface area contributed by atoms with Crippen LogP contribution in [-0.4, -0.2) is 12.6 Å². The van der Waals surface area contributed by atoms with Gasteiger partial charge in [0.1, 0.15) is 0 Å². The molecule has 0 saturated heterocycles. The molecule has 0 aliphatic heterocycles. The molecule has 0 N–H and O–H groups in total. The molecule has 0 bridgehead atoms. The number of rotatable bonds is 5. The van der Waals surface area contributed by atoms with E-state index in [0.717, 1.165) is 18.4 Å². The van der Waals surface area contributed by atoms with Crippen LogP contribution in [0.1, 0.15) is 40.5 Å². The second-order valence-corrected chi connectivity index (χ2v) is 3.75. The Labute approximate surface area is 81.0 Å². The maximum absolute atomic E-state index is 11.1. The minimum absolute atomic E-state index is 0.219. The molecule has 0 aliphatic rings. The van der Waals surface area contributed by atoms with Gasteiger partial charge in [-0.25, -0.2) is 4.79 Å². The summed E-state index contributed by atoms with van der Waals surface area (Å²) < 4.78 is 5.05. The molecule has 0 saturated carbocycles. The molecule has 1 atom stereocenters. The molecule has 0 spiro atoms. The molecule has 0 amide bonds. The Hall–Kier alpha value is -0.790. The molecular formula is C11H20O2. The van der Waals surface area contributed by atoms with Crippen molar-refractivity contribution in [3.63, 3.8) is 0 Å². The molecule has 0 aromatic heterocycles. The third kappa shape index (κ3) is 7.57. The molecule has 2 heteroatoms. The molecule has 0 rings (SSSR count). The van der Waals surface area contributed by atoms with Crippen LogP contribution in [0.25, 0.3) is 0 Å². The van der Waals surface area contributed by atoms with Gasteiger partial charge in [0.05, 0.1) is 6.61 Å². The summed E-state index contributed by atoms with van der Waals surface area (Å²) in [6, 6.07) is 0. The third-order valence-electron chi connectivity index (χ3n) is 1.70. The van der Waals surface area contributed by atoms with Gasteiger partial charge in [-0.15, -0.1) is 0 Å². The Morgan fingerprint density at radius 1 is 1.46 bits per heavy atom. The Morgan fingerprint density at radius 3 is 2.54 bits per heavy atom. The van der Waals surface area contributed by atoms with Crippen molar-refractivity contribution in [2.24, 2.45) is 5.92 Å². The van der Waals surface area contributed by atoms with Crippen LogP contribution in [0.15, 0.2) is 11.6 Å². The molecule has 0 aromatic carbocycles. The van der Waals surface area contributed by atoms with Crippen molar-refractivity contribution < 1.29 is 9.53 Å². The van der Waals surface area contributed by atoms with Crippen LogP contribution >= 0.6 is 0 Å². The predicted molar refractivity (Wildman–Crippen MR) is 54.5 cm³/mol. The van der Waals surface area contributed by atoms with Gasteiger partial charge in [-0.3, -0.25) is 0 Å². The minimum Gasteiger partial charge on any atom is -0.462 e. The average molecular weight is 184 g/mol. The Bertz CT molecular complexity index is 179. The first-order valence-electron chi connectivity index (χ1n) is 4.88. The van der Waals surface area contributed by atoms with E-state index in [2.05, 4.69) is 13.8 Å². The van der Waals surface area contributed by atoms with Gasteiger partial charge in [0.15, 0.2) is 0 Å². The summed E-state index contributed by atoms with van der Waals surface area (Å²) in [6.07, 6.45) is 3.78. The highest BCUT2D eigenvalue weighted by Crippen LogP contribution is 2.05. The molecule has 1 unspecified atom stereocenters. The number of allylic oxidation sites excluding steroid dienone is 1. The largest absolute Gasteiger partial charge is 0.462 e. The van der Waals surface area contributed by atoms with Gasteiger partial charge >= 0.3 is 5.97 Å². The van der Waals surface area contributed by atoms with Crippen molar-refractivity contribution in [2.75, 3.05) is 6.61 Å². The zero-order valence-electron chi connectivity index (χ0n) is 9.09. The van der Waals surface area contributed by atoms with Crippen LogP contribution in [0.5, 0.6) is 0 Å². The standard InChI is InChI=1S/C11H20O2/c1-5-6-10(4)8-13-11(12)7-9(2)3/h7,10H,5-6,8H2,1-4H3. The number of hydrogen-bond acceptors (Lipinski definition) is 2. The average Bonchev–Trinajstić information content (AvgIpc) is 2.00. The maximum atomic E-state index is 11.1. The van der Waals surface area contributed by atoms with Crippen LogP contribution in [0, 0.1) is 5.92 Å². The fourth-order valence-electron chi connectivity index (χ4n) is 1.08. The highest BCUT2D eigenvalue weighted by atomic mass is 16.5. The fourth-order valence-corrected chi connectivity index (χ4v) is 1.08. The number of carbonyl (C=O) groups excluding carboxylic acids is 1. The van der Waals surface area contributed by atoms with Gasteiger partial charge in [0, 0.05) is 6.08 Å². The van der Waals surface area contributed by atoms with Gasteiger partial charge < -0.3 is 4.74 Å². The van der Waals surface area contributed by atoms with Gasteiger partial charge in [-0.2, -0.15) is 0 Å². The van der Waals surface area contributed by atoms with E-state index in [4.69, 9.17) is 4.74 Å². The van der Waals surface area contributed by atoms with Gasteiger partial charge in [0.2, 0.25) is 0 Å². The number of ether oxygens (including phenoxy) is 1. The predicted octanol–water partition coefficient (Wildman–Crippen LogP) is 2.93. The Balaban J connectivity index is 3.64. The normalized spacial score (nSPS) is 12.0. The molecule has 0 aliphatic carbocycles. The van der Waals surface area contributed by atoms with E-state index in [1.807, 2.05) is 13.8 Å². The van der Waals surface area contributed by atoms with Crippen molar-refractivity contribution in [3.8, 4) is 0 Å². The topological polar surface area (TPSA) is 26.3 Å². The zero-order chi connectivity index (χ0) is 10.3. The molecule has 0 aromatic rings. The first kappa shape index (κ1) is 12.2. The van der Waals surface area contributed by atoms with Gasteiger partial charge in [-0.1, -0.05) is 25.8 Å². The second-order valence-electron chi connectivity index (χ2n) is 3.75. The van der Waals surface area contributed by atoms with Gasteiger partial charge in [-0.05, 0) is 26.2 Å².